The standard InChI is InChI=1S/C24H24ClN5O/c1-16-6-9-18(10-7-16)22-28-20-5-3-12-26-23(20)30(22)14-4-13-27-24(31)29-21-15-19(25)11-8-17(21)2/h3,5-12,15H,4,13-14H2,1-2H3,(H2,27,29,31). The van der Waals surface area contributed by atoms with Gasteiger partial charge >= 0.3 is 6.03 Å². The zero-order valence-corrected chi connectivity index (χ0v) is 18.3. The van der Waals surface area contributed by atoms with Gasteiger partial charge in [0, 0.05) is 35.6 Å². The number of fused-ring (bicyclic) bond motifs is 1. The molecular weight excluding hydrogens is 410 g/mol. The lowest BCUT2D eigenvalue weighted by Crippen LogP contribution is -2.30. The molecule has 0 radical (unpaired) electrons. The lowest BCUT2D eigenvalue weighted by molar-refractivity contribution is 0.252. The van der Waals surface area contributed by atoms with Crippen LogP contribution in [0.2, 0.25) is 5.02 Å². The van der Waals surface area contributed by atoms with Gasteiger partial charge in [0.15, 0.2) is 5.65 Å². The molecule has 31 heavy (non-hydrogen) atoms. The number of benzene rings is 2. The van der Waals surface area contributed by atoms with Crippen LogP contribution < -0.4 is 10.6 Å². The highest BCUT2D eigenvalue weighted by Crippen LogP contribution is 2.24. The van der Waals surface area contributed by atoms with Crippen molar-refractivity contribution in [1.82, 2.24) is 19.9 Å². The highest BCUT2D eigenvalue weighted by atomic mass is 35.5. The summed E-state index contributed by atoms with van der Waals surface area (Å²) in [5.41, 5.74) is 5.62. The van der Waals surface area contributed by atoms with Gasteiger partial charge in [-0.2, -0.15) is 0 Å². The number of carbonyl (C=O) groups excluding carboxylic acids is 1. The van der Waals surface area contributed by atoms with Crippen molar-refractivity contribution in [2.45, 2.75) is 26.8 Å². The zero-order chi connectivity index (χ0) is 21.8. The Balaban J connectivity index is 1.43. The Labute approximate surface area is 186 Å². The van der Waals surface area contributed by atoms with Crippen LogP contribution in [0.4, 0.5) is 10.5 Å². The maximum Gasteiger partial charge on any atom is 0.319 e. The number of nitrogens with one attached hydrogen (secondary N) is 2. The van der Waals surface area contributed by atoms with Crippen LogP contribution in [-0.4, -0.2) is 27.1 Å². The summed E-state index contributed by atoms with van der Waals surface area (Å²) in [4.78, 5) is 21.6. The second kappa shape index (κ2) is 9.18. The van der Waals surface area contributed by atoms with Crippen molar-refractivity contribution in [2.75, 3.05) is 11.9 Å². The summed E-state index contributed by atoms with van der Waals surface area (Å²) in [6.45, 7) is 5.20. The SMILES string of the molecule is Cc1ccc(-c2nc3cccnc3n2CCCNC(=O)Nc2cc(Cl)ccc2C)cc1. The van der Waals surface area contributed by atoms with Crippen molar-refractivity contribution in [3.63, 3.8) is 0 Å². The van der Waals surface area contributed by atoms with Crippen molar-refractivity contribution in [2.24, 2.45) is 0 Å². The highest BCUT2D eigenvalue weighted by molar-refractivity contribution is 6.31. The van der Waals surface area contributed by atoms with E-state index in [9.17, 15) is 4.79 Å². The number of halogens is 1. The largest absolute Gasteiger partial charge is 0.338 e. The fraction of sp³-hybridized carbons (Fsp3) is 0.208. The van der Waals surface area contributed by atoms with Gasteiger partial charge in [-0.15, -0.1) is 0 Å². The van der Waals surface area contributed by atoms with E-state index in [1.54, 1.807) is 18.3 Å². The molecule has 2 aromatic heterocycles. The van der Waals surface area contributed by atoms with Gasteiger partial charge in [-0.1, -0.05) is 47.5 Å². The van der Waals surface area contributed by atoms with Crippen LogP contribution in [0.1, 0.15) is 17.5 Å². The monoisotopic (exact) mass is 433 g/mol. The van der Waals surface area contributed by atoms with E-state index in [-0.39, 0.29) is 6.03 Å². The van der Waals surface area contributed by atoms with E-state index in [4.69, 9.17) is 16.6 Å². The molecule has 0 saturated heterocycles. The number of rotatable bonds is 6. The predicted molar refractivity (Wildman–Crippen MR) is 126 cm³/mol. The van der Waals surface area contributed by atoms with E-state index in [2.05, 4.69) is 51.4 Å². The third-order valence-corrected chi connectivity index (χ3v) is 5.34. The number of carbonyl (C=O) groups is 1. The number of pyridine rings is 1. The highest BCUT2D eigenvalue weighted by Gasteiger charge is 2.13. The summed E-state index contributed by atoms with van der Waals surface area (Å²) in [6, 6.07) is 17.3. The number of anilines is 1. The second-order valence-corrected chi connectivity index (χ2v) is 7.93. The van der Waals surface area contributed by atoms with Crippen LogP contribution in [0.3, 0.4) is 0 Å². The molecule has 0 aliphatic rings. The third-order valence-electron chi connectivity index (χ3n) is 5.11. The molecule has 0 bridgehead atoms. The van der Waals surface area contributed by atoms with Gasteiger partial charge < -0.3 is 15.2 Å². The number of imidazole rings is 1. The second-order valence-electron chi connectivity index (χ2n) is 7.49. The van der Waals surface area contributed by atoms with E-state index in [0.717, 1.165) is 34.5 Å². The van der Waals surface area contributed by atoms with E-state index >= 15 is 0 Å². The first-order chi connectivity index (χ1) is 15.0. The summed E-state index contributed by atoms with van der Waals surface area (Å²) < 4.78 is 2.11. The minimum absolute atomic E-state index is 0.252. The van der Waals surface area contributed by atoms with Crippen LogP contribution in [0, 0.1) is 13.8 Å². The van der Waals surface area contributed by atoms with Gasteiger partial charge in [-0.25, -0.2) is 14.8 Å². The predicted octanol–water partition coefficient (Wildman–Crippen LogP) is 5.58. The van der Waals surface area contributed by atoms with Crippen molar-refractivity contribution < 1.29 is 4.79 Å². The Morgan fingerprint density at radius 1 is 1.10 bits per heavy atom. The van der Waals surface area contributed by atoms with Gasteiger partial charge in [0.05, 0.1) is 0 Å². The average molecular weight is 434 g/mol. The smallest absolute Gasteiger partial charge is 0.319 e. The van der Waals surface area contributed by atoms with Crippen molar-refractivity contribution in [3.8, 4) is 11.4 Å². The summed E-state index contributed by atoms with van der Waals surface area (Å²) in [5, 5.41) is 6.35. The Kier molecular flexibility index (Phi) is 6.18. The summed E-state index contributed by atoms with van der Waals surface area (Å²) in [5.74, 6) is 0.882. The van der Waals surface area contributed by atoms with Crippen molar-refractivity contribution >= 4 is 34.5 Å². The van der Waals surface area contributed by atoms with E-state index in [1.807, 2.05) is 25.1 Å². The fourth-order valence-electron chi connectivity index (χ4n) is 3.43. The number of aryl methyl sites for hydroxylation is 3. The summed E-state index contributed by atoms with van der Waals surface area (Å²) in [7, 11) is 0. The maximum atomic E-state index is 12.3. The number of aromatic nitrogens is 3. The molecule has 0 unspecified atom stereocenters. The topological polar surface area (TPSA) is 71.8 Å². The molecule has 7 heteroatoms. The summed E-state index contributed by atoms with van der Waals surface area (Å²) >= 11 is 6.02. The van der Waals surface area contributed by atoms with Gasteiger partial charge in [0.2, 0.25) is 0 Å². The molecular formula is C24H24ClN5O. The first-order valence-corrected chi connectivity index (χ1v) is 10.6. The Morgan fingerprint density at radius 2 is 1.90 bits per heavy atom. The first kappa shape index (κ1) is 20.9. The number of hydrogen-bond acceptors (Lipinski definition) is 3. The lowest BCUT2D eigenvalue weighted by Gasteiger charge is -2.12. The Hall–Kier alpha value is -3.38. The van der Waals surface area contributed by atoms with Crippen LogP contribution >= 0.6 is 11.6 Å². The lowest BCUT2D eigenvalue weighted by atomic mass is 10.1. The molecule has 0 saturated carbocycles. The van der Waals surface area contributed by atoms with Crippen LogP contribution in [0.15, 0.2) is 60.8 Å². The van der Waals surface area contributed by atoms with Gasteiger partial charge in [0.25, 0.3) is 0 Å². The normalized spacial score (nSPS) is 10.9. The number of urea groups is 1. The molecule has 2 amide bonds. The van der Waals surface area contributed by atoms with E-state index in [1.165, 1.54) is 5.56 Å². The molecule has 0 aliphatic heterocycles. The molecule has 2 heterocycles. The van der Waals surface area contributed by atoms with E-state index in [0.29, 0.717) is 23.8 Å². The number of nitrogens with zero attached hydrogens (tertiary/aromatic N) is 3. The third kappa shape index (κ3) is 4.86. The van der Waals surface area contributed by atoms with Gasteiger partial charge in [0.1, 0.15) is 11.3 Å². The quantitative estimate of drug-likeness (QED) is 0.390. The molecule has 4 aromatic rings. The first-order valence-electron chi connectivity index (χ1n) is 10.2. The van der Waals surface area contributed by atoms with Crippen molar-refractivity contribution in [3.05, 3.63) is 76.9 Å². The number of amides is 2. The average Bonchev–Trinajstić information content (AvgIpc) is 3.13. The van der Waals surface area contributed by atoms with Crippen LogP contribution in [0.5, 0.6) is 0 Å². The Bertz CT molecular complexity index is 1220. The van der Waals surface area contributed by atoms with E-state index < -0.39 is 0 Å². The van der Waals surface area contributed by atoms with Crippen LogP contribution in [-0.2, 0) is 6.54 Å². The number of hydrogen-bond donors (Lipinski definition) is 2. The molecule has 2 aromatic carbocycles. The summed E-state index contributed by atoms with van der Waals surface area (Å²) in [6.07, 6.45) is 2.52. The van der Waals surface area contributed by atoms with Crippen LogP contribution in [0.25, 0.3) is 22.6 Å². The fourth-order valence-corrected chi connectivity index (χ4v) is 3.60. The van der Waals surface area contributed by atoms with Crippen molar-refractivity contribution in [1.29, 1.82) is 0 Å². The molecule has 158 valence electrons. The molecule has 0 aliphatic carbocycles. The zero-order valence-electron chi connectivity index (χ0n) is 17.5. The minimum atomic E-state index is -0.252. The molecule has 0 fully saturated rings. The Morgan fingerprint density at radius 3 is 2.71 bits per heavy atom. The van der Waals surface area contributed by atoms with Gasteiger partial charge in [-0.05, 0) is 50.1 Å². The molecule has 0 atom stereocenters. The van der Waals surface area contributed by atoms with Gasteiger partial charge in [-0.3, -0.25) is 0 Å². The minimum Gasteiger partial charge on any atom is -0.338 e. The maximum absolute atomic E-state index is 12.3. The molecule has 2 N–H and O–H groups in total. The molecule has 4 rings (SSSR count). The molecule has 0 spiro atoms. The molecule has 6 nitrogen and oxygen atoms in total.